The van der Waals surface area contributed by atoms with Gasteiger partial charge in [-0.15, -0.1) is 21.6 Å². The summed E-state index contributed by atoms with van der Waals surface area (Å²) < 4.78 is 6.13. The summed E-state index contributed by atoms with van der Waals surface area (Å²) in [7, 11) is 0. The Kier molecular flexibility index (Phi) is 10.2. The maximum Gasteiger partial charge on any atom is 0.158 e. The minimum atomic E-state index is -0.687. The molecular formula is C28H39N5O2S. The molecule has 7 nitrogen and oxygen atoms in total. The third-order valence-corrected chi connectivity index (χ3v) is 7.66. The minimum absolute atomic E-state index is 0.296. The highest BCUT2D eigenvalue weighted by Crippen LogP contribution is 2.36. The molecule has 0 aliphatic rings. The Balaban J connectivity index is 2.13. The Morgan fingerprint density at radius 1 is 1.11 bits per heavy atom. The van der Waals surface area contributed by atoms with Crippen LogP contribution in [0.1, 0.15) is 82.4 Å². The topological polar surface area (TPSA) is 105 Å². The van der Waals surface area contributed by atoms with Gasteiger partial charge in [0.2, 0.25) is 0 Å². The first-order valence-electron chi connectivity index (χ1n) is 12.4. The maximum atomic E-state index is 10.2. The first-order chi connectivity index (χ1) is 16.8. The van der Waals surface area contributed by atoms with Gasteiger partial charge in [-0.25, -0.2) is 0 Å². The molecule has 0 radical (unpaired) electrons. The van der Waals surface area contributed by atoms with Crippen molar-refractivity contribution in [3.8, 4) is 12.1 Å². The van der Waals surface area contributed by atoms with E-state index in [9.17, 15) is 15.6 Å². The third kappa shape index (κ3) is 7.86. The molecule has 0 aliphatic heterocycles. The van der Waals surface area contributed by atoms with Crippen molar-refractivity contribution < 1.29 is 9.84 Å². The van der Waals surface area contributed by atoms with Crippen molar-refractivity contribution in [2.45, 2.75) is 91.9 Å². The predicted octanol–water partition coefficient (Wildman–Crippen LogP) is 7.47. The summed E-state index contributed by atoms with van der Waals surface area (Å²) in [4.78, 5) is 2.83. The number of ether oxygens (including phenoxy) is 1. The van der Waals surface area contributed by atoms with Gasteiger partial charge in [0.15, 0.2) is 5.00 Å². The lowest BCUT2D eigenvalue weighted by molar-refractivity contribution is -0.0542. The molecule has 36 heavy (non-hydrogen) atoms. The average molecular weight is 510 g/mol. The van der Waals surface area contributed by atoms with E-state index in [4.69, 9.17) is 4.74 Å². The molecular weight excluding hydrogens is 470 g/mol. The zero-order chi connectivity index (χ0) is 27.1. The smallest absolute Gasteiger partial charge is 0.158 e. The normalized spacial score (nSPS) is 13.6. The lowest BCUT2D eigenvalue weighted by Crippen LogP contribution is -2.37. The molecule has 194 valence electrons. The molecule has 8 heteroatoms. The second kappa shape index (κ2) is 12.5. The van der Waals surface area contributed by atoms with Crippen LogP contribution < -0.4 is 4.90 Å². The van der Waals surface area contributed by atoms with E-state index in [-0.39, 0.29) is 5.60 Å². The van der Waals surface area contributed by atoms with Crippen LogP contribution in [0.3, 0.4) is 0 Å². The molecule has 0 saturated heterocycles. The number of nitriles is 2. The summed E-state index contributed by atoms with van der Waals surface area (Å²) in [5.74, 6) is 0. The second-order valence-corrected chi connectivity index (χ2v) is 11.4. The van der Waals surface area contributed by atoms with Gasteiger partial charge in [0.1, 0.15) is 17.0 Å². The molecule has 0 aliphatic carbocycles. The molecule has 1 aromatic heterocycles. The van der Waals surface area contributed by atoms with Gasteiger partial charge < -0.3 is 14.7 Å². The average Bonchev–Trinajstić information content (AvgIpc) is 3.12. The SMILES string of the molecule is CCC(C)(O)CCOC(C)(C)CCN(c1ccc(N=Nc2sc(C#N)c(C)c2C#N)c(C)c1)C(C)C. The van der Waals surface area contributed by atoms with Crippen molar-refractivity contribution in [3.05, 3.63) is 39.8 Å². The van der Waals surface area contributed by atoms with Crippen molar-refractivity contribution in [1.82, 2.24) is 0 Å². The van der Waals surface area contributed by atoms with Crippen LogP contribution in [0.4, 0.5) is 16.4 Å². The van der Waals surface area contributed by atoms with Crippen LogP contribution in [-0.2, 0) is 4.74 Å². The third-order valence-electron chi connectivity index (χ3n) is 6.58. The number of hydrogen-bond donors (Lipinski definition) is 1. The molecule has 2 aromatic rings. The predicted molar refractivity (Wildman–Crippen MR) is 147 cm³/mol. The Labute approximate surface area is 220 Å². The quantitative estimate of drug-likeness (QED) is 0.299. The van der Waals surface area contributed by atoms with Gasteiger partial charge in [-0.05, 0) is 97.1 Å². The van der Waals surface area contributed by atoms with Gasteiger partial charge in [-0.3, -0.25) is 0 Å². The number of benzene rings is 1. The number of anilines is 1. The number of rotatable bonds is 12. The summed E-state index contributed by atoms with van der Waals surface area (Å²) in [6.45, 7) is 17.5. The zero-order valence-electron chi connectivity index (χ0n) is 22.8. The summed E-state index contributed by atoms with van der Waals surface area (Å²) in [5.41, 5.74) is 2.87. The van der Waals surface area contributed by atoms with E-state index in [2.05, 4.69) is 61.0 Å². The molecule has 0 bridgehead atoms. The number of nitrogens with zero attached hydrogens (tertiary/aromatic N) is 5. The van der Waals surface area contributed by atoms with Gasteiger partial charge in [0.25, 0.3) is 0 Å². The highest BCUT2D eigenvalue weighted by molar-refractivity contribution is 7.16. The summed E-state index contributed by atoms with van der Waals surface area (Å²) in [6.07, 6.45) is 2.17. The number of hydrogen-bond acceptors (Lipinski definition) is 8. The molecule has 1 atom stereocenters. The molecule has 0 spiro atoms. The van der Waals surface area contributed by atoms with Gasteiger partial charge >= 0.3 is 0 Å². The van der Waals surface area contributed by atoms with Crippen LogP contribution in [0.15, 0.2) is 28.4 Å². The molecule has 1 aromatic carbocycles. The molecule has 0 amide bonds. The van der Waals surface area contributed by atoms with Crippen molar-refractivity contribution in [3.63, 3.8) is 0 Å². The Morgan fingerprint density at radius 3 is 2.36 bits per heavy atom. The number of aliphatic hydroxyl groups is 1. The summed E-state index contributed by atoms with van der Waals surface area (Å²) in [5, 5.41) is 38.0. The van der Waals surface area contributed by atoms with E-state index in [1.165, 1.54) is 11.3 Å². The fourth-order valence-electron chi connectivity index (χ4n) is 3.71. The van der Waals surface area contributed by atoms with Crippen LogP contribution in [0.5, 0.6) is 0 Å². The molecule has 1 heterocycles. The van der Waals surface area contributed by atoms with E-state index in [1.807, 2.05) is 32.9 Å². The Hall–Kier alpha value is -2.78. The van der Waals surface area contributed by atoms with Gasteiger partial charge in [-0.2, -0.15) is 10.5 Å². The van der Waals surface area contributed by atoms with Crippen molar-refractivity contribution in [2.75, 3.05) is 18.1 Å². The second-order valence-electron chi connectivity index (χ2n) is 10.4. The fourth-order valence-corrected chi connectivity index (χ4v) is 4.58. The number of aryl methyl sites for hydroxylation is 1. The lowest BCUT2D eigenvalue weighted by Gasteiger charge is -2.34. The van der Waals surface area contributed by atoms with E-state index in [1.54, 1.807) is 6.92 Å². The highest BCUT2D eigenvalue weighted by Gasteiger charge is 2.24. The van der Waals surface area contributed by atoms with Crippen molar-refractivity contribution >= 4 is 27.7 Å². The van der Waals surface area contributed by atoms with Crippen LogP contribution in [0.2, 0.25) is 0 Å². The summed E-state index contributed by atoms with van der Waals surface area (Å²) >= 11 is 1.19. The molecule has 1 N–H and O–H groups in total. The first kappa shape index (κ1) is 29.5. The van der Waals surface area contributed by atoms with Crippen molar-refractivity contribution in [2.24, 2.45) is 10.2 Å². The molecule has 2 rings (SSSR count). The summed E-state index contributed by atoms with van der Waals surface area (Å²) in [6, 6.07) is 10.6. The fraction of sp³-hybridized carbons (Fsp3) is 0.571. The van der Waals surface area contributed by atoms with Gasteiger partial charge in [0, 0.05) is 18.3 Å². The van der Waals surface area contributed by atoms with Gasteiger partial charge in [-0.1, -0.05) is 6.92 Å². The monoisotopic (exact) mass is 509 g/mol. The van der Waals surface area contributed by atoms with E-state index < -0.39 is 5.60 Å². The van der Waals surface area contributed by atoms with E-state index >= 15 is 0 Å². The number of azo groups is 1. The Bertz CT molecular complexity index is 1150. The lowest BCUT2D eigenvalue weighted by atomic mass is 9.99. The molecule has 0 fully saturated rings. The van der Waals surface area contributed by atoms with Crippen LogP contribution >= 0.6 is 11.3 Å². The van der Waals surface area contributed by atoms with E-state index in [0.29, 0.717) is 46.5 Å². The largest absolute Gasteiger partial charge is 0.390 e. The van der Waals surface area contributed by atoms with Crippen molar-refractivity contribution in [1.29, 1.82) is 10.5 Å². The van der Waals surface area contributed by atoms with Crippen LogP contribution in [0, 0.1) is 36.5 Å². The Morgan fingerprint density at radius 2 is 1.81 bits per heavy atom. The van der Waals surface area contributed by atoms with Crippen LogP contribution in [-0.4, -0.2) is 35.5 Å². The first-order valence-corrected chi connectivity index (χ1v) is 13.2. The number of thiophene rings is 1. The van der Waals surface area contributed by atoms with E-state index in [0.717, 1.165) is 29.9 Å². The highest BCUT2D eigenvalue weighted by atomic mass is 32.1. The zero-order valence-corrected chi connectivity index (χ0v) is 23.7. The molecule has 1 unspecified atom stereocenters. The maximum absolute atomic E-state index is 10.2. The van der Waals surface area contributed by atoms with Crippen LogP contribution in [0.25, 0.3) is 0 Å². The minimum Gasteiger partial charge on any atom is -0.390 e. The van der Waals surface area contributed by atoms with Gasteiger partial charge in [0.05, 0.1) is 29.1 Å². The molecule has 0 saturated carbocycles. The standard InChI is InChI=1S/C28H39N5O2S/c1-9-28(8,34)13-15-35-27(6,7)12-14-33(19(2)3)22-10-11-24(20(4)16-22)31-32-26-23(17-29)21(5)25(18-30)36-26/h10-11,16,19,34H,9,12-15H2,1-8H3.